The van der Waals surface area contributed by atoms with Crippen LogP contribution >= 0.6 is 0 Å². The van der Waals surface area contributed by atoms with Gasteiger partial charge in [-0.25, -0.2) is 8.42 Å². The van der Waals surface area contributed by atoms with E-state index in [1.807, 2.05) is 12.1 Å². The minimum atomic E-state index is -4.10. The van der Waals surface area contributed by atoms with Crippen molar-refractivity contribution in [2.45, 2.75) is 82.1 Å². The van der Waals surface area contributed by atoms with E-state index in [9.17, 15) is 31.5 Å². The minimum absolute atomic E-state index is 0.00300. The highest BCUT2D eigenvalue weighted by molar-refractivity contribution is 7.91. The zero-order valence-corrected chi connectivity index (χ0v) is 23.9. The van der Waals surface area contributed by atoms with Crippen molar-refractivity contribution >= 4 is 15.7 Å². The molecule has 1 heterocycles. The minimum Gasteiger partial charge on any atom is -0.396 e. The first kappa shape index (κ1) is 30.5. The van der Waals surface area contributed by atoms with E-state index in [1.54, 1.807) is 25.1 Å². The van der Waals surface area contributed by atoms with Gasteiger partial charge in [0.25, 0.3) is 5.91 Å². The molecular weight excluding hydrogens is 541 g/mol. The smallest absolute Gasteiger partial charge is 0.391 e. The number of carbonyl (C=O) groups excluding carboxylic acids is 1. The van der Waals surface area contributed by atoms with Crippen LogP contribution in [0.4, 0.5) is 13.2 Å². The van der Waals surface area contributed by atoms with Gasteiger partial charge in [0.1, 0.15) is 0 Å². The van der Waals surface area contributed by atoms with Crippen molar-refractivity contribution in [3.8, 4) is 0 Å². The van der Waals surface area contributed by atoms with Gasteiger partial charge in [-0.3, -0.25) is 9.69 Å². The van der Waals surface area contributed by atoms with Gasteiger partial charge in [0.05, 0.1) is 22.6 Å². The molecule has 0 bridgehead atoms. The Balaban J connectivity index is 1.43. The molecule has 0 unspecified atom stereocenters. The Hall–Kier alpha value is -2.43. The van der Waals surface area contributed by atoms with E-state index in [0.717, 1.165) is 24.1 Å². The maximum atomic E-state index is 13.2. The summed E-state index contributed by atoms with van der Waals surface area (Å²) in [5.74, 6) is -1.23. The van der Waals surface area contributed by atoms with Gasteiger partial charge in [-0.2, -0.15) is 13.2 Å². The summed E-state index contributed by atoms with van der Waals surface area (Å²) in [7, 11) is -3.34. The van der Waals surface area contributed by atoms with Crippen LogP contribution in [0.15, 0.2) is 47.4 Å². The third kappa shape index (κ3) is 6.89. The van der Waals surface area contributed by atoms with E-state index < -0.39 is 28.0 Å². The van der Waals surface area contributed by atoms with Crippen molar-refractivity contribution in [2.75, 3.05) is 18.9 Å². The third-order valence-electron chi connectivity index (χ3n) is 8.51. The van der Waals surface area contributed by atoms with Crippen molar-refractivity contribution in [1.29, 1.82) is 0 Å². The summed E-state index contributed by atoms with van der Waals surface area (Å²) < 4.78 is 63.5. The zero-order valence-electron chi connectivity index (χ0n) is 23.1. The van der Waals surface area contributed by atoms with Crippen molar-refractivity contribution in [3.05, 3.63) is 64.7 Å². The second-order valence-corrected chi connectivity index (χ2v) is 13.3. The number of aliphatic hydroxyl groups excluding tert-OH is 1. The quantitative estimate of drug-likeness (QED) is 0.362. The highest BCUT2D eigenvalue weighted by Gasteiger charge is 2.42. The standard InChI is InChI=1S/C30H39F3N2O4S/c1-3-28-26-14-9-22(17-23(26)19-35(28)18-20-5-10-24(11-6-20)30(31,32)33)29(37)34-27(15-16-36)21-7-12-25(13-8-21)40(38,39)4-2/h7-9,12-14,17,20,24,27-28,36H,3-6,10-11,15-16,18-19H2,1-2H3,(H,34,37)/t20?,24?,27-,28-/m0/s1. The van der Waals surface area contributed by atoms with Gasteiger partial charge < -0.3 is 10.4 Å². The van der Waals surface area contributed by atoms with Crippen molar-refractivity contribution in [2.24, 2.45) is 11.8 Å². The van der Waals surface area contributed by atoms with Gasteiger partial charge in [0.2, 0.25) is 0 Å². The largest absolute Gasteiger partial charge is 0.396 e. The molecule has 1 amide bonds. The van der Waals surface area contributed by atoms with E-state index in [-0.39, 0.29) is 54.4 Å². The van der Waals surface area contributed by atoms with Crippen LogP contribution in [-0.4, -0.2) is 49.4 Å². The SMILES string of the molecule is CC[C@H]1c2ccc(C(=O)N[C@@H](CCO)c3ccc(S(=O)(=O)CC)cc3)cc2CN1CC1CCC(C(F)(F)F)CC1. The van der Waals surface area contributed by atoms with Gasteiger partial charge in [-0.05, 0) is 85.4 Å². The topological polar surface area (TPSA) is 86.7 Å². The summed E-state index contributed by atoms with van der Waals surface area (Å²) in [5, 5.41) is 12.6. The lowest BCUT2D eigenvalue weighted by Gasteiger charge is -2.34. The number of hydrogen-bond acceptors (Lipinski definition) is 5. The summed E-state index contributed by atoms with van der Waals surface area (Å²) >= 11 is 0. The lowest BCUT2D eigenvalue weighted by Crippen LogP contribution is -2.33. The lowest BCUT2D eigenvalue weighted by molar-refractivity contribution is -0.184. The third-order valence-corrected chi connectivity index (χ3v) is 10.3. The molecule has 1 saturated carbocycles. The molecule has 10 heteroatoms. The van der Waals surface area contributed by atoms with Gasteiger partial charge >= 0.3 is 6.18 Å². The molecule has 6 nitrogen and oxygen atoms in total. The first-order valence-electron chi connectivity index (χ1n) is 14.1. The Morgan fingerprint density at radius 2 is 1.75 bits per heavy atom. The van der Waals surface area contributed by atoms with Crippen LogP contribution in [-0.2, 0) is 16.4 Å². The van der Waals surface area contributed by atoms with Gasteiger partial charge in [-0.1, -0.05) is 32.0 Å². The predicted molar refractivity (Wildman–Crippen MR) is 147 cm³/mol. The first-order chi connectivity index (χ1) is 19.0. The molecule has 2 aromatic rings. The molecule has 1 aliphatic carbocycles. The monoisotopic (exact) mass is 580 g/mol. The average molecular weight is 581 g/mol. The van der Waals surface area contributed by atoms with E-state index in [1.165, 1.54) is 12.1 Å². The normalized spacial score (nSPS) is 22.6. The number of rotatable bonds is 10. The number of carbonyl (C=O) groups is 1. The summed E-state index contributed by atoms with van der Waals surface area (Å²) in [6.07, 6.45) is -1.40. The van der Waals surface area contributed by atoms with E-state index in [0.29, 0.717) is 30.5 Å². The molecule has 1 aliphatic heterocycles. The molecule has 2 atom stereocenters. The summed E-state index contributed by atoms with van der Waals surface area (Å²) in [6.45, 7) is 4.94. The summed E-state index contributed by atoms with van der Waals surface area (Å²) in [4.78, 5) is 15.8. The van der Waals surface area contributed by atoms with Crippen LogP contribution in [0.5, 0.6) is 0 Å². The molecule has 0 saturated heterocycles. The molecular formula is C30H39F3N2O4S. The van der Waals surface area contributed by atoms with E-state index in [4.69, 9.17) is 0 Å². The van der Waals surface area contributed by atoms with Gasteiger partial charge in [-0.15, -0.1) is 0 Å². The van der Waals surface area contributed by atoms with Crippen LogP contribution in [0.3, 0.4) is 0 Å². The molecule has 40 heavy (non-hydrogen) atoms. The van der Waals surface area contributed by atoms with Crippen LogP contribution in [0, 0.1) is 11.8 Å². The Morgan fingerprint density at radius 3 is 2.33 bits per heavy atom. The maximum absolute atomic E-state index is 13.2. The average Bonchev–Trinajstić information content (AvgIpc) is 3.28. The van der Waals surface area contributed by atoms with Crippen LogP contribution in [0.1, 0.15) is 91.5 Å². The highest BCUT2D eigenvalue weighted by atomic mass is 32.2. The second kappa shape index (κ2) is 12.6. The Labute approximate surface area is 234 Å². The second-order valence-electron chi connectivity index (χ2n) is 11.0. The number of halogens is 3. The Morgan fingerprint density at radius 1 is 1.07 bits per heavy atom. The predicted octanol–water partition coefficient (Wildman–Crippen LogP) is 5.97. The number of benzene rings is 2. The number of sulfone groups is 1. The molecule has 2 aliphatic rings. The molecule has 0 radical (unpaired) electrons. The van der Waals surface area contributed by atoms with Crippen LogP contribution in [0.2, 0.25) is 0 Å². The maximum Gasteiger partial charge on any atom is 0.391 e. The lowest BCUT2D eigenvalue weighted by atomic mass is 9.81. The fourth-order valence-electron chi connectivity index (χ4n) is 6.18. The molecule has 1 fully saturated rings. The number of alkyl halides is 3. The molecule has 0 aromatic heterocycles. The Kier molecular flexibility index (Phi) is 9.62. The number of nitrogens with zero attached hydrogens (tertiary/aromatic N) is 1. The number of fused-ring (bicyclic) bond motifs is 1. The van der Waals surface area contributed by atoms with E-state index in [2.05, 4.69) is 17.1 Å². The van der Waals surface area contributed by atoms with Gasteiger partial charge in [0.15, 0.2) is 9.84 Å². The first-order valence-corrected chi connectivity index (χ1v) is 15.8. The number of aliphatic hydroxyl groups is 1. The summed E-state index contributed by atoms with van der Waals surface area (Å²) in [5.41, 5.74) is 3.41. The molecule has 2 N–H and O–H groups in total. The molecule has 4 rings (SSSR count). The van der Waals surface area contributed by atoms with Crippen molar-refractivity contribution in [3.63, 3.8) is 0 Å². The molecule has 2 aromatic carbocycles. The molecule has 0 spiro atoms. The Bertz CT molecular complexity index is 1270. The number of nitrogens with one attached hydrogen (secondary N) is 1. The molecule has 220 valence electrons. The van der Waals surface area contributed by atoms with E-state index >= 15 is 0 Å². The van der Waals surface area contributed by atoms with Crippen LogP contribution in [0.25, 0.3) is 0 Å². The fraction of sp³-hybridized carbons (Fsp3) is 0.567. The van der Waals surface area contributed by atoms with Crippen molar-refractivity contribution in [1.82, 2.24) is 10.2 Å². The van der Waals surface area contributed by atoms with Crippen molar-refractivity contribution < 1.29 is 31.5 Å². The number of hydrogen-bond donors (Lipinski definition) is 2. The van der Waals surface area contributed by atoms with Crippen LogP contribution < -0.4 is 5.32 Å². The van der Waals surface area contributed by atoms with Gasteiger partial charge in [0, 0.05) is 31.3 Å². The zero-order chi connectivity index (χ0) is 29.1. The highest BCUT2D eigenvalue weighted by Crippen LogP contribution is 2.42. The summed E-state index contributed by atoms with van der Waals surface area (Å²) in [6, 6.07) is 11.7. The fourth-order valence-corrected chi connectivity index (χ4v) is 7.06. The number of amides is 1.